The van der Waals surface area contributed by atoms with Gasteiger partial charge in [-0.05, 0) is 0 Å². The first-order chi connectivity index (χ1) is 19.9. The molecule has 44 heavy (non-hydrogen) atoms. The zero-order valence-electron chi connectivity index (χ0n) is 26.7. The van der Waals surface area contributed by atoms with E-state index in [9.17, 15) is 0 Å². The molecule has 0 heterocycles. The van der Waals surface area contributed by atoms with Crippen molar-refractivity contribution < 1.29 is 46.1 Å². The Hall–Kier alpha value is -2.02. The molecule has 0 unspecified atom stereocenters. The Kier molecular flexibility index (Phi) is 10.6. The first kappa shape index (κ1) is 34.8. The van der Waals surface area contributed by atoms with Crippen molar-refractivity contribution in [2.45, 2.75) is 69.3 Å². The van der Waals surface area contributed by atoms with Crippen molar-refractivity contribution in [1.29, 1.82) is 0 Å². The molecule has 0 amide bonds. The second-order valence-electron chi connectivity index (χ2n) is 14.0. The number of benzene rings is 4. The van der Waals surface area contributed by atoms with Crippen molar-refractivity contribution in [2.75, 3.05) is 0 Å². The van der Waals surface area contributed by atoms with E-state index in [-0.39, 0.29) is 35.6 Å². The minimum absolute atomic E-state index is 0. The van der Waals surface area contributed by atoms with Crippen molar-refractivity contribution >= 4 is 14.8 Å². The second kappa shape index (κ2) is 13.4. The maximum Gasteiger partial charge on any atom is -1.00 e. The molecule has 0 atom stereocenters. The van der Waals surface area contributed by atoms with Gasteiger partial charge in [-0.1, -0.05) is 0 Å². The number of rotatable bonds is 4. The maximum absolute atomic E-state index is 6.44. The summed E-state index contributed by atoms with van der Waals surface area (Å²) >= 11 is 3.74. The van der Waals surface area contributed by atoms with Gasteiger partial charge >= 0.3 is 267 Å². The molecule has 0 N–H and O–H groups in total. The van der Waals surface area contributed by atoms with Gasteiger partial charge in [-0.15, -0.1) is 0 Å². The molecule has 2 aliphatic carbocycles. The summed E-state index contributed by atoms with van der Waals surface area (Å²) < 4.78 is 3.62. The summed E-state index contributed by atoms with van der Waals surface area (Å²) in [5, 5.41) is 0.787. The van der Waals surface area contributed by atoms with Crippen LogP contribution in [-0.2, 0) is 32.1 Å². The van der Waals surface area contributed by atoms with Crippen molar-refractivity contribution in [1.82, 2.24) is 0 Å². The second-order valence-corrected chi connectivity index (χ2v) is 20.7. The van der Waals surface area contributed by atoms with Crippen molar-refractivity contribution in [2.24, 2.45) is 0 Å². The van der Waals surface area contributed by atoms with Crippen LogP contribution in [0.4, 0.5) is 0 Å². The summed E-state index contributed by atoms with van der Waals surface area (Å²) in [6.45, 7) is 16.1. The van der Waals surface area contributed by atoms with E-state index in [1.165, 1.54) is 50.1 Å². The van der Waals surface area contributed by atoms with Gasteiger partial charge in [-0.3, -0.25) is 0 Å². The maximum atomic E-state index is 6.44. The number of allylic oxidation sites excluding steroid dienone is 4. The molecule has 0 saturated heterocycles. The minimum Gasteiger partial charge on any atom is -1.00 e. The van der Waals surface area contributed by atoms with Crippen molar-refractivity contribution in [3.8, 4) is 11.1 Å². The minimum atomic E-state index is -2.70. The quantitative estimate of drug-likeness (QED) is 0.277. The van der Waals surface area contributed by atoms with E-state index in [1.54, 1.807) is 6.49 Å². The summed E-state index contributed by atoms with van der Waals surface area (Å²) in [6.07, 6.45) is 8.14. The molecular formula is C40H41Cl3Zr. The normalized spacial score (nSPS) is 14.3. The fourth-order valence-corrected chi connectivity index (χ4v) is 15.6. The Morgan fingerprint density at radius 2 is 1.16 bits per heavy atom. The smallest absolute Gasteiger partial charge is 1.00 e. The molecule has 4 aromatic rings. The third-order valence-corrected chi connectivity index (χ3v) is 17.5. The van der Waals surface area contributed by atoms with Gasteiger partial charge in [0.1, 0.15) is 0 Å². The van der Waals surface area contributed by atoms with Crippen LogP contribution >= 0.6 is 11.6 Å². The number of aryl methyl sites for hydroxylation is 1. The van der Waals surface area contributed by atoms with Crippen LogP contribution in [0.15, 0.2) is 106 Å². The van der Waals surface area contributed by atoms with Gasteiger partial charge in [0.25, 0.3) is 0 Å². The van der Waals surface area contributed by atoms with Gasteiger partial charge in [-0.25, -0.2) is 0 Å². The van der Waals surface area contributed by atoms with Crippen LogP contribution in [0.5, 0.6) is 0 Å². The predicted octanol–water partition coefficient (Wildman–Crippen LogP) is 5.05. The third-order valence-electron chi connectivity index (χ3n) is 8.90. The van der Waals surface area contributed by atoms with Crippen molar-refractivity contribution in [3.05, 3.63) is 150 Å². The number of hydrogen-bond donors (Lipinski definition) is 0. The fraction of sp³-hybridized carbons (Fsp3) is 0.275. The predicted molar refractivity (Wildman–Crippen MR) is 179 cm³/mol. The molecule has 0 aromatic heterocycles. The summed E-state index contributed by atoms with van der Waals surface area (Å²) in [5.74, 6) is 0. The summed E-state index contributed by atoms with van der Waals surface area (Å²) in [6, 6.07) is 32.7. The molecule has 6 rings (SSSR count). The van der Waals surface area contributed by atoms with Crippen LogP contribution in [-0.4, -0.2) is 3.21 Å². The van der Waals surface area contributed by atoms with E-state index in [0.717, 1.165) is 11.4 Å². The summed E-state index contributed by atoms with van der Waals surface area (Å²) in [4.78, 5) is 0. The molecular weight excluding hydrogens is 678 g/mol. The fourth-order valence-electron chi connectivity index (χ4n) is 6.45. The zero-order valence-corrected chi connectivity index (χ0v) is 31.5. The molecule has 0 fully saturated rings. The Bertz CT molecular complexity index is 1650. The standard InChI is InChI=1S/C21H25.C14H11Cl.C5H5.2ClH.Zr/c1-20(2,3)16-9-7-14-11-15-8-10-17(21(4,5)6)13-19(15)18(14)12-16;1-11-2-4-12(5-3-11)10-13-6-8-14(15)9-7-13;1-2-4-5-3-1;;;/h7-13H,1-6H3;2-9H,1H3;1-3H,4H2;2*1H;/q;;;;;+2/p-2. The molecule has 4 aromatic carbocycles. The van der Waals surface area contributed by atoms with E-state index in [4.69, 9.17) is 11.6 Å². The average Bonchev–Trinajstić information content (AvgIpc) is 3.58. The van der Waals surface area contributed by atoms with Crippen LogP contribution in [0, 0.1) is 6.92 Å². The van der Waals surface area contributed by atoms with Crippen LogP contribution in [0.25, 0.3) is 11.1 Å². The van der Waals surface area contributed by atoms with E-state index in [0.29, 0.717) is 3.63 Å². The zero-order chi connectivity index (χ0) is 29.8. The average molecular weight is 719 g/mol. The van der Waals surface area contributed by atoms with Gasteiger partial charge < -0.3 is 24.8 Å². The Labute approximate surface area is 289 Å². The molecule has 0 saturated carbocycles. The molecule has 0 aliphatic heterocycles. The molecule has 0 spiro atoms. The van der Waals surface area contributed by atoms with Gasteiger partial charge in [0.05, 0.1) is 0 Å². The molecule has 0 radical (unpaired) electrons. The Morgan fingerprint density at radius 1 is 0.682 bits per heavy atom. The molecule has 4 heteroatoms. The van der Waals surface area contributed by atoms with Gasteiger partial charge in [-0.2, -0.15) is 0 Å². The molecule has 0 nitrogen and oxygen atoms in total. The van der Waals surface area contributed by atoms with Crippen LogP contribution in [0.3, 0.4) is 0 Å². The van der Waals surface area contributed by atoms with E-state index >= 15 is 0 Å². The first-order valence-electron chi connectivity index (χ1n) is 15.1. The third kappa shape index (κ3) is 6.73. The van der Waals surface area contributed by atoms with E-state index < -0.39 is 21.3 Å². The van der Waals surface area contributed by atoms with E-state index in [2.05, 4.69) is 152 Å². The van der Waals surface area contributed by atoms with Crippen LogP contribution < -0.4 is 24.8 Å². The van der Waals surface area contributed by atoms with Gasteiger partial charge in [0.15, 0.2) is 0 Å². The van der Waals surface area contributed by atoms with Crippen LogP contribution in [0.2, 0.25) is 5.02 Å². The van der Waals surface area contributed by atoms with Crippen LogP contribution in [0.1, 0.15) is 90.5 Å². The van der Waals surface area contributed by atoms with Gasteiger partial charge in [0, 0.05) is 0 Å². The van der Waals surface area contributed by atoms with Gasteiger partial charge in [0.2, 0.25) is 0 Å². The number of halogens is 3. The number of fused-ring (bicyclic) bond motifs is 3. The Morgan fingerprint density at radius 3 is 1.59 bits per heavy atom. The van der Waals surface area contributed by atoms with E-state index in [1.807, 2.05) is 0 Å². The summed E-state index contributed by atoms with van der Waals surface area (Å²) in [7, 11) is 0. The summed E-state index contributed by atoms with van der Waals surface area (Å²) in [5.41, 5.74) is 12.9. The van der Waals surface area contributed by atoms with Crippen molar-refractivity contribution in [3.63, 3.8) is 0 Å². The molecule has 2 aliphatic rings. The monoisotopic (exact) mass is 716 g/mol. The first-order valence-corrected chi connectivity index (χ1v) is 19.4. The molecule has 226 valence electrons. The SMILES string of the molecule is Cc1ccc(/[C](c2ccc(Cl)cc2)=[Zr+2](/[C]2=CC=CC2)[CH]2c3ccc(C(C)(C)C)cc3-c3cc(C(C)(C)C)ccc32)cc1.[Cl-].[Cl-]. The number of hydrogen-bond acceptors (Lipinski definition) is 0. The largest absolute Gasteiger partial charge is 1.00 e. The molecule has 0 bridgehead atoms. The Balaban J connectivity index is 0.00000221. The topological polar surface area (TPSA) is 0 Å².